The summed E-state index contributed by atoms with van der Waals surface area (Å²) in [6.45, 7) is 6.65. The zero-order chi connectivity index (χ0) is 10.6. The molecule has 0 aliphatic rings. The fraction of sp³-hybridized carbons (Fsp3) is 0.500. The van der Waals surface area contributed by atoms with Crippen LogP contribution < -0.4 is 5.73 Å². The molecule has 1 aromatic carbocycles. The van der Waals surface area contributed by atoms with Gasteiger partial charge in [-0.2, -0.15) is 0 Å². The molecule has 0 aliphatic carbocycles. The zero-order valence-electron chi connectivity index (χ0n) is 9.21. The Morgan fingerprint density at radius 3 is 2.71 bits per heavy atom. The van der Waals surface area contributed by atoms with Crippen LogP contribution in [0, 0.1) is 12.8 Å². The van der Waals surface area contributed by atoms with Crippen molar-refractivity contribution in [3.05, 3.63) is 23.8 Å². The lowest BCUT2D eigenvalue weighted by atomic mass is 10.2. The highest BCUT2D eigenvalue weighted by atomic mass is 32.2. The second-order valence-electron chi connectivity index (χ2n) is 4.06. The fourth-order valence-corrected chi connectivity index (χ4v) is 2.50. The van der Waals surface area contributed by atoms with Crippen molar-refractivity contribution in [1.82, 2.24) is 0 Å². The molecular weight excluding hydrogens is 190 g/mol. The molecule has 0 radical (unpaired) electrons. The molecule has 2 heteroatoms. The molecule has 1 nitrogen and oxygen atoms in total. The molecule has 0 spiro atoms. The lowest BCUT2D eigenvalue weighted by Gasteiger charge is -2.07. The molecule has 0 unspecified atom stereocenters. The quantitative estimate of drug-likeness (QED) is 0.604. The first-order valence-corrected chi connectivity index (χ1v) is 6.07. The third-order valence-electron chi connectivity index (χ3n) is 2.16. The van der Waals surface area contributed by atoms with E-state index in [0.717, 1.165) is 11.6 Å². The molecule has 0 atom stereocenters. The van der Waals surface area contributed by atoms with Crippen LogP contribution in [0.3, 0.4) is 0 Å². The van der Waals surface area contributed by atoms with Gasteiger partial charge in [0.15, 0.2) is 0 Å². The minimum atomic E-state index is 0.781. The minimum Gasteiger partial charge on any atom is -0.399 e. The summed E-state index contributed by atoms with van der Waals surface area (Å²) in [5, 5.41) is 0. The first kappa shape index (κ1) is 11.4. The van der Waals surface area contributed by atoms with Crippen LogP contribution in [-0.4, -0.2) is 5.75 Å². The molecule has 0 saturated carbocycles. The maximum Gasteiger partial charge on any atom is 0.0325 e. The van der Waals surface area contributed by atoms with E-state index < -0.39 is 0 Å². The Balaban J connectivity index is 2.53. The van der Waals surface area contributed by atoms with Crippen molar-refractivity contribution < 1.29 is 0 Å². The highest BCUT2D eigenvalue weighted by Crippen LogP contribution is 2.25. The number of thioether (sulfide) groups is 1. The highest BCUT2D eigenvalue weighted by Gasteiger charge is 2.00. The smallest absolute Gasteiger partial charge is 0.0325 e. The second-order valence-corrected chi connectivity index (χ2v) is 5.19. The van der Waals surface area contributed by atoms with E-state index >= 15 is 0 Å². The average Bonchev–Trinajstić information content (AvgIpc) is 2.10. The Morgan fingerprint density at radius 2 is 2.07 bits per heavy atom. The number of nitrogen functional groups attached to an aromatic ring is 1. The average molecular weight is 209 g/mol. The van der Waals surface area contributed by atoms with E-state index in [2.05, 4.69) is 32.9 Å². The number of rotatable bonds is 4. The lowest BCUT2D eigenvalue weighted by molar-refractivity contribution is 0.632. The molecule has 14 heavy (non-hydrogen) atoms. The first-order chi connectivity index (χ1) is 6.59. The molecule has 0 aromatic heterocycles. The summed E-state index contributed by atoms with van der Waals surface area (Å²) in [5.41, 5.74) is 7.94. The monoisotopic (exact) mass is 209 g/mol. The van der Waals surface area contributed by atoms with Gasteiger partial charge in [-0.25, -0.2) is 0 Å². The van der Waals surface area contributed by atoms with E-state index in [1.807, 2.05) is 17.8 Å². The molecule has 0 amide bonds. The number of aryl methyl sites for hydroxylation is 1. The van der Waals surface area contributed by atoms with Crippen LogP contribution >= 0.6 is 11.8 Å². The normalized spacial score (nSPS) is 10.9. The Hall–Kier alpha value is -0.630. The van der Waals surface area contributed by atoms with Crippen molar-refractivity contribution in [2.45, 2.75) is 32.1 Å². The van der Waals surface area contributed by atoms with Crippen molar-refractivity contribution in [3.63, 3.8) is 0 Å². The summed E-state index contributed by atoms with van der Waals surface area (Å²) in [4.78, 5) is 1.32. The van der Waals surface area contributed by atoms with Gasteiger partial charge in [0.2, 0.25) is 0 Å². The molecule has 1 aromatic rings. The first-order valence-electron chi connectivity index (χ1n) is 5.08. The summed E-state index contributed by atoms with van der Waals surface area (Å²) in [7, 11) is 0. The predicted octanol–water partition coefficient (Wildman–Crippen LogP) is 3.72. The van der Waals surface area contributed by atoms with E-state index in [1.165, 1.54) is 22.6 Å². The second kappa shape index (κ2) is 5.30. The van der Waals surface area contributed by atoms with Crippen LogP contribution in [0.2, 0.25) is 0 Å². The van der Waals surface area contributed by atoms with Gasteiger partial charge in [0.1, 0.15) is 0 Å². The molecular formula is C12H19NS. The Bertz CT molecular complexity index is 294. The molecule has 0 heterocycles. The third kappa shape index (κ3) is 3.62. The maximum atomic E-state index is 5.75. The summed E-state index contributed by atoms with van der Waals surface area (Å²) in [6.07, 6.45) is 1.26. The van der Waals surface area contributed by atoms with Gasteiger partial charge in [0.25, 0.3) is 0 Å². The summed E-state index contributed by atoms with van der Waals surface area (Å²) >= 11 is 1.91. The van der Waals surface area contributed by atoms with Gasteiger partial charge in [-0.15, -0.1) is 11.8 Å². The van der Waals surface area contributed by atoms with Crippen LogP contribution in [0.15, 0.2) is 23.1 Å². The van der Waals surface area contributed by atoms with Gasteiger partial charge in [0, 0.05) is 10.6 Å². The summed E-state index contributed by atoms with van der Waals surface area (Å²) < 4.78 is 0. The van der Waals surface area contributed by atoms with Gasteiger partial charge in [-0.1, -0.05) is 19.9 Å². The number of hydrogen-bond donors (Lipinski definition) is 1. The van der Waals surface area contributed by atoms with Gasteiger partial charge >= 0.3 is 0 Å². The van der Waals surface area contributed by atoms with E-state index in [9.17, 15) is 0 Å². The Kier molecular flexibility index (Phi) is 4.33. The topological polar surface area (TPSA) is 26.0 Å². The Labute approximate surface area is 91.1 Å². The number of benzene rings is 1. The molecule has 0 saturated heterocycles. The minimum absolute atomic E-state index is 0.781. The van der Waals surface area contributed by atoms with Crippen molar-refractivity contribution >= 4 is 17.4 Å². The van der Waals surface area contributed by atoms with Crippen LogP contribution in [0.1, 0.15) is 25.8 Å². The van der Waals surface area contributed by atoms with E-state index in [0.29, 0.717) is 0 Å². The number of nitrogens with two attached hydrogens (primary N) is 1. The standard InChI is InChI=1S/C12H19NS/c1-9(2)6-7-14-12-8-11(13)5-4-10(12)3/h4-5,8-9H,6-7,13H2,1-3H3. The van der Waals surface area contributed by atoms with E-state index in [1.54, 1.807) is 0 Å². The maximum absolute atomic E-state index is 5.75. The largest absolute Gasteiger partial charge is 0.399 e. The van der Waals surface area contributed by atoms with Gasteiger partial charge in [-0.3, -0.25) is 0 Å². The summed E-state index contributed by atoms with van der Waals surface area (Å²) in [5.74, 6) is 1.96. The highest BCUT2D eigenvalue weighted by molar-refractivity contribution is 7.99. The SMILES string of the molecule is Cc1ccc(N)cc1SCCC(C)C. The predicted molar refractivity (Wildman–Crippen MR) is 65.8 cm³/mol. The summed E-state index contributed by atoms with van der Waals surface area (Å²) in [6, 6.07) is 6.12. The van der Waals surface area contributed by atoms with Crippen molar-refractivity contribution in [1.29, 1.82) is 0 Å². The van der Waals surface area contributed by atoms with Crippen molar-refractivity contribution in [2.75, 3.05) is 11.5 Å². The Morgan fingerprint density at radius 1 is 1.36 bits per heavy atom. The lowest BCUT2D eigenvalue weighted by Crippen LogP contribution is -1.91. The van der Waals surface area contributed by atoms with Crippen LogP contribution in [0.25, 0.3) is 0 Å². The molecule has 0 bridgehead atoms. The van der Waals surface area contributed by atoms with E-state index in [4.69, 9.17) is 5.73 Å². The van der Waals surface area contributed by atoms with Gasteiger partial charge < -0.3 is 5.73 Å². The zero-order valence-corrected chi connectivity index (χ0v) is 10.0. The number of hydrogen-bond acceptors (Lipinski definition) is 2. The van der Waals surface area contributed by atoms with Crippen LogP contribution in [0.5, 0.6) is 0 Å². The number of anilines is 1. The fourth-order valence-electron chi connectivity index (χ4n) is 1.18. The van der Waals surface area contributed by atoms with Crippen molar-refractivity contribution in [2.24, 2.45) is 5.92 Å². The van der Waals surface area contributed by atoms with E-state index in [-0.39, 0.29) is 0 Å². The van der Waals surface area contributed by atoms with Crippen LogP contribution in [-0.2, 0) is 0 Å². The molecule has 0 aliphatic heterocycles. The molecule has 0 fully saturated rings. The molecule has 78 valence electrons. The van der Waals surface area contributed by atoms with Crippen molar-refractivity contribution in [3.8, 4) is 0 Å². The van der Waals surface area contributed by atoms with Gasteiger partial charge in [0.05, 0.1) is 0 Å². The third-order valence-corrected chi connectivity index (χ3v) is 3.36. The molecule has 1 rings (SSSR count). The van der Waals surface area contributed by atoms with Crippen LogP contribution in [0.4, 0.5) is 5.69 Å². The molecule has 2 N–H and O–H groups in total. The van der Waals surface area contributed by atoms with Gasteiger partial charge in [-0.05, 0) is 42.7 Å².